The molecule has 4 aromatic rings. The summed E-state index contributed by atoms with van der Waals surface area (Å²) >= 11 is 0. The number of halogens is 3. The van der Waals surface area contributed by atoms with Crippen molar-refractivity contribution < 1.29 is 105 Å². The number of aliphatic hydroxyl groups is 2. The van der Waals surface area contributed by atoms with Crippen molar-refractivity contribution in [3.05, 3.63) is 108 Å². The fourth-order valence-electron chi connectivity index (χ4n) is 10.1. The number of hydrogen-bond donors (Lipinski definition) is 5. The number of benzene rings is 4. The summed E-state index contributed by atoms with van der Waals surface area (Å²) in [4.78, 5) is 26.0. The van der Waals surface area contributed by atoms with Crippen molar-refractivity contribution in [2.45, 2.75) is 111 Å². The molecule has 8 rings (SSSR count). The van der Waals surface area contributed by atoms with E-state index in [9.17, 15) is 63.3 Å². The van der Waals surface area contributed by atoms with E-state index in [1.54, 1.807) is 38.1 Å². The Kier molecular flexibility index (Phi) is 23.6. The molecule has 5 N–H and O–H groups in total. The summed E-state index contributed by atoms with van der Waals surface area (Å²) in [6.45, 7) is 8.42. The van der Waals surface area contributed by atoms with Crippen LogP contribution in [-0.4, -0.2) is 189 Å². The fourth-order valence-corrected chi connectivity index (χ4v) is 13.8. The van der Waals surface area contributed by atoms with Gasteiger partial charge < -0.3 is 68.0 Å². The topological polar surface area (TPSA) is 311 Å². The maximum Gasteiger partial charge on any atom is 0.534 e. The number of alkyl carbamates (subject to hydrolysis) is 2. The van der Waals surface area contributed by atoms with Crippen molar-refractivity contribution in [2.75, 3.05) is 73.4 Å². The lowest BCUT2D eigenvalue weighted by Gasteiger charge is -2.31. The van der Waals surface area contributed by atoms with Crippen molar-refractivity contribution in [3.8, 4) is 23.0 Å². The number of alkyl halides is 3. The molecule has 0 aliphatic carbocycles. The van der Waals surface area contributed by atoms with Gasteiger partial charge in [0.1, 0.15) is 35.2 Å². The predicted molar refractivity (Wildman–Crippen MR) is 305 cm³/mol. The number of aliphatic hydroxyl groups excluding tert-OH is 2. The van der Waals surface area contributed by atoms with Gasteiger partial charge in [0.15, 0.2) is 6.29 Å². The summed E-state index contributed by atoms with van der Waals surface area (Å²) in [5.74, 6) is 0.0131. The maximum atomic E-state index is 13.7. The molecule has 482 valence electrons. The maximum absolute atomic E-state index is 13.7. The zero-order chi connectivity index (χ0) is 63.4. The molecule has 0 saturated carbocycles. The molecule has 0 bridgehead atoms. The molecule has 0 spiro atoms. The molecule has 4 fully saturated rings. The van der Waals surface area contributed by atoms with Crippen molar-refractivity contribution >= 4 is 42.4 Å². The highest BCUT2D eigenvalue weighted by molar-refractivity contribution is 7.89. The number of phenolic OH excluding ortho intramolecular Hbond substituents is 1. The van der Waals surface area contributed by atoms with Crippen LogP contribution in [0.25, 0.3) is 0 Å². The number of hydrogen-bond acceptors (Lipinski definition) is 20. The van der Waals surface area contributed by atoms with Crippen LogP contribution >= 0.6 is 0 Å². The lowest BCUT2D eigenvalue weighted by Crippen LogP contribution is -2.51. The number of methoxy groups -OCH3 is 2. The minimum Gasteiger partial charge on any atom is -0.508 e. The molecule has 30 heteroatoms. The standard InChI is InChI=1S/C29H37F3N2O11S2.C28H38N2O9S/c1-18(2)13-34(46(37,38)22-10-8-20(41-3)9-11-22)14-25(35)24(33-28(36)44-27-17-43-26-16-42-15-23(26)27)12-19-4-6-21(7-5-19)45-47(39,40)29(30,31)32;1-18(2)15-30(40(34,35)22-10-8-21(36-3)9-11-22)16-25(32)24(14-19-4-6-20(31)7-5-19)29-28(33)39-26-17-38-27-23(26)12-13-37-27/h4-11,18,23-27,35H,12-17H2,1-3H3,(H,33,36);4-11,18,23-27,31-32H,12-17H2,1-3H3,(H,29,33)/t23-,24+,25-,26+,27+;23-,24-,25+,26-,27+/m10/s1. The third-order valence-corrected chi connectivity index (χ3v) is 19.3. The van der Waals surface area contributed by atoms with Crippen LogP contribution in [-0.2, 0) is 71.4 Å². The first kappa shape index (κ1) is 68.4. The number of carbonyl (C=O) groups is 2. The third-order valence-electron chi connectivity index (χ3n) is 14.6. The van der Waals surface area contributed by atoms with Gasteiger partial charge in [-0.1, -0.05) is 52.0 Å². The Bertz CT molecular complexity index is 3220. The lowest BCUT2D eigenvalue weighted by atomic mass is 10.0. The number of nitrogens with one attached hydrogen (secondary N) is 2. The minimum atomic E-state index is -5.90. The van der Waals surface area contributed by atoms with E-state index in [4.69, 9.17) is 37.9 Å². The highest BCUT2D eigenvalue weighted by Gasteiger charge is 2.49. The van der Waals surface area contributed by atoms with Crippen molar-refractivity contribution in [1.29, 1.82) is 0 Å². The quantitative estimate of drug-likeness (QED) is 0.0399. The van der Waals surface area contributed by atoms with E-state index in [1.165, 1.54) is 79.2 Å². The Hall–Kier alpha value is -6.06. The van der Waals surface area contributed by atoms with Crippen LogP contribution in [0.5, 0.6) is 23.0 Å². The summed E-state index contributed by atoms with van der Waals surface area (Å²) in [6.07, 6.45) is -5.43. The monoisotopic (exact) mass is 1290 g/mol. The van der Waals surface area contributed by atoms with Crippen molar-refractivity contribution in [3.63, 3.8) is 0 Å². The average Bonchev–Trinajstić information content (AvgIpc) is 2.09. The Balaban J connectivity index is 0.000000252. The van der Waals surface area contributed by atoms with Gasteiger partial charge in [-0.2, -0.15) is 30.2 Å². The van der Waals surface area contributed by atoms with Crippen LogP contribution in [0.15, 0.2) is 107 Å². The van der Waals surface area contributed by atoms with E-state index in [0.717, 1.165) is 28.4 Å². The molecule has 0 aromatic heterocycles. The van der Waals surface area contributed by atoms with Crippen LogP contribution in [0, 0.1) is 23.7 Å². The normalized spacial score (nSPS) is 21.7. The average molecular weight is 1290 g/mol. The molecule has 2 amide bonds. The second-order valence-corrected chi connectivity index (χ2v) is 27.5. The van der Waals surface area contributed by atoms with E-state index in [1.807, 2.05) is 13.8 Å². The number of carbonyl (C=O) groups excluding carboxylic acids is 2. The second kappa shape index (κ2) is 30.0. The molecule has 10 atom stereocenters. The smallest absolute Gasteiger partial charge is 0.508 e. The van der Waals surface area contributed by atoms with Crippen molar-refractivity contribution in [2.24, 2.45) is 23.7 Å². The zero-order valence-corrected chi connectivity index (χ0v) is 51.1. The molecule has 4 aliphatic heterocycles. The van der Waals surface area contributed by atoms with Crippen LogP contribution in [0.2, 0.25) is 0 Å². The molecule has 0 unspecified atom stereocenters. The van der Waals surface area contributed by atoms with Gasteiger partial charge in [0.2, 0.25) is 20.0 Å². The van der Waals surface area contributed by atoms with Gasteiger partial charge in [0.05, 0.1) is 99.3 Å². The highest BCUT2D eigenvalue weighted by Crippen LogP contribution is 2.34. The van der Waals surface area contributed by atoms with Crippen molar-refractivity contribution in [1.82, 2.24) is 19.2 Å². The lowest BCUT2D eigenvalue weighted by molar-refractivity contribution is -0.0907. The van der Waals surface area contributed by atoms with E-state index < -0.39 is 96.7 Å². The number of nitrogens with zero attached hydrogens (tertiary/aromatic N) is 2. The molecule has 4 aliphatic rings. The van der Waals surface area contributed by atoms with Crippen LogP contribution in [0.3, 0.4) is 0 Å². The summed E-state index contributed by atoms with van der Waals surface area (Å²) in [5.41, 5.74) is -4.56. The Labute approximate surface area is 504 Å². The Morgan fingerprint density at radius 1 is 0.598 bits per heavy atom. The first-order chi connectivity index (χ1) is 41.1. The molecule has 24 nitrogen and oxygen atoms in total. The predicted octanol–water partition coefficient (Wildman–Crippen LogP) is 5.19. The van der Waals surface area contributed by atoms with E-state index in [-0.39, 0.29) is 97.3 Å². The third kappa shape index (κ3) is 18.5. The molecule has 4 saturated heterocycles. The molecule has 87 heavy (non-hydrogen) atoms. The SMILES string of the molecule is COc1ccc(S(=O)(=O)N(CC(C)C)C[C@@H](O)[C@H](Cc2ccc(O)cc2)NC(=O)O[C@H]2CO[C@H]3OCC[C@H]32)cc1.COc1ccc(S(=O)(=O)N(CC(C)C)C[C@@H](O)[C@H](Cc2ccc(OS(=O)(=O)C(F)(F)F)cc2)NC(=O)O[C@H]2CO[C@H]3COC[C@H]32)cc1. The van der Waals surface area contributed by atoms with Gasteiger partial charge in [-0.05, 0) is 115 Å². The number of phenols is 1. The summed E-state index contributed by atoms with van der Waals surface area (Å²) < 4.78 is 165. The molecular formula is C57H75F3N4O20S3. The second-order valence-electron chi connectivity index (χ2n) is 22.1. The van der Waals surface area contributed by atoms with E-state index >= 15 is 0 Å². The number of aromatic hydroxyl groups is 1. The fraction of sp³-hybridized carbons (Fsp3) is 0.544. The first-order valence-electron chi connectivity index (χ1n) is 28.0. The summed E-state index contributed by atoms with van der Waals surface area (Å²) in [5, 5.41) is 37.8. The number of ether oxygens (including phenoxy) is 8. The van der Waals surface area contributed by atoms with Crippen LogP contribution in [0.4, 0.5) is 22.8 Å². The number of amides is 2. The Morgan fingerprint density at radius 2 is 1.03 bits per heavy atom. The Morgan fingerprint density at radius 3 is 1.48 bits per heavy atom. The highest BCUT2D eigenvalue weighted by atomic mass is 32.2. The van der Waals surface area contributed by atoms with Gasteiger partial charge in [0, 0.05) is 26.2 Å². The number of fused-ring (bicyclic) bond motifs is 2. The van der Waals surface area contributed by atoms with Crippen LogP contribution < -0.4 is 24.3 Å². The molecular weight excluding hydrogens is 1210 g/mol. The molecule has 0 radical (unpaired) electrons. The van der Waals surface area contributed by atoms with E-state index in [0.29, 0.717) is 36.9 Å². The van der Waals surface area contributed by atoms with E-state index in [2.05, 4.69) is 14.8 Å². The van der Waals surface area contributed by atoms with Gasteiger partial charge in [-0.15, -0.1) is 0 Å². The number of rotatable bonds is 26. The minimum absolute atomic E-state index is 0.0186. The van der Waals surface area contributed by atoms with Gasteiger partial charge in [0.25, 0.3) is 0 Å². The molecule has 4 aromatic carbocycles. The van der Waals surface area contributed by atoms with Gasteiger partial charge >= 0.3 is 27.8 Å². The van der Waals surface area contributed by atoms with Gasteiger partial charge in [-0.3, -0.25) is 0 Å². The molecule has 4 heterocycles. The summed E-state index contributed by atoms with van der Waals surface area (Å²) in [6, 6.07) is 20.5. The summed E-state index contributed by atoms with van der Waals surface area (Å²) in [7, 11) is -11.1. The largest absolute Gasteiger partial charge is 0.534 e. The number of sulfonamides is 2. The zero-order valence-electron chi connectivity index (χ0n) is 48.7. The van der Waals surface area contributed by atoms with Crippen LogP contribution in [0.1, 0.15) is 45.2 Å². The van der Waals surface area contributed by atoms with Gasteiger partial charge in [-0.25, -0.2) is 26.4 Å². The first-order valence-corrected chi connectivity index (χ1v) is 32.2.